The maximum absolute atomic E-state index is 12.0. The second kappa shape index (κ2) is 6.91. The lowest BCUT2D eigenvalue weighted by Crippen LogP contribution is -2.34. The molecule has 2 aliphatic rings. The number of benzene rings is 1. The van der Waals surface area contributed by atoms with Gasteiger partial charge in [0.1, 0.15) is 19.0 Å². The van der Waals surface area contributed by atoms with E-state index in [1.807, 2.05) is 35.2 Å². The van der Waals surface area contributed by atoms with Gasteiger partial charge in [0.15, 0.2) is 0 Å². The first-order valence-electron chi connectivity index (χ1n) is 7.57. The lowest BCUT2D eigenvalue weighted by Gasteiger charge is -2.17. The van der Waals surface area contributed by atoms with Gasteiger partial charge in [0.25, 0.3) is 0 Å². The molecule has 2 fully saturated rings. The van der Waals surface area contributed by atoms with Crippen molar-refractivity contribution in [1.29, 1.82) is 0 Å². The van der Waals surface area contributed by atoms with Crippen LogP contribution in [-0.2, 0) is 9.53 Å². The monoisotopic (exact) mass is 290 g/mol. The van der Waals surface area contributed by atoms with Crippen molar-refractivity contribution in [1.82, 2.24) is 10.2 Å². The summed E-state index contributed by atoms with van der Waals surface area (Å²) < 4.78 is 10.9. The number of carbonyl (C=O) groups is 1. The van der Waals surface area contributed by atoms with Crippen LogP contribution in [-0.4, -0.2) is 56.8 Å². The summed E-state index contributed by atoms with van der Waals surface area (Å²) in [5, 5.41) is 3.37. The van der Waals surface area contributed by atoms with Gasteiger partial charge in [-0.15, -0.1) is 0 Å². The maximum atomic E-state index is 12.0. The highest BCUT2D eigenvalue weighted by molar-refractivity contribution is 5.77. The highest BCUT2D eigenvalue weighted by Gasteiger charge is 2.37. The molecule has 2 atom stereocenters. The number of rotatable bonds is 6. The molecule has 0 radical (unpaired) electrons. The smallest absolute Gasteiger partial charge is 0.248 e. The van der Waals surface area contributed by atoms with Crippen LogP contribution in [0.5, 0.6) is 5.75 Å². The van der Waals surface area contributed by atoms with Gasteiger partial charge in [-0.05, 0) is 24.0 Å². The SMILES string of the molecule is O=C(COCCOc1ccccc1)N1C[C@H]2CNC[C@H]2C1. The van der Waals surface area contributed by atoms with Crippen LogP contribution < -0.4 is 10.1 Å². The van der Waals surface area contributed by atoms with Gasteiger partial charge in [0.2, 0.25) is 5.91 Å². The Morgan fingerprint density at radius 2 is 1.86 bits per heavy atom. The zero-order valence-electron chi connectivity index (χ0n) is 12.2. The number of fused-ring (bicyclic) bond motifs is 1. The molecule has 0 bridgehead atoms. The molecule has 0 unspecified atom stereocenters. The van der Waals surface area contributed by atoms with Gasteiger partial charge in [-0.2, -0.15) is 0 Å². The van der Waals surface area contributed by atoms with Crippen molar-refractivity contribution >= 4 is 5.91 Å². The molecule has 114 valence electrons. The topological polar surface area (TPSA) is 50.8 Å². The molecule has 1 N–H and O–H groups in total. The molecule has 1 amide bonds. The fourth-order valence-corrected chi connectivity index (χ4v) is 3.04. The van der Waals surface area contributed by atoms with E-state index in [2.05, 4.69) is 5.32 Å². The van der Waals surface area contributed by atoms with Crippen LogP contribution in [0.15, 0.2) is 30.3 Å². The normalized spacial score (nSPS) is 24.1. The first-order chi connectivity index (χ1) is 10.3. The average molecular weight is 290 g/mol. The fraction of sp³-hybridized carbons (Fsp3) is 0.562. The van der Waals surface area contributed by atoms with Crippen molar-refractivity contribution in [3.63, 3.8) is 0 Å². The number of amides is 1. The number of nitrogens with one attached hydrogen (secondary N) is 1. The molecule has 2 saturated heterocycles. The summed E-state index contributed by atoms with van der Waals surface area (Å²) in [5.41, 5.74) is 0. The van der Waals surface area contributed by atoms with E-state index in [1.165, 1.54) is 0 Å². The molecule has 2 aliphatic heterocycles. The van der Waals surface area contributed by atoms with E-state index in [1.54, 1.807) is 0 Å². The van der Waals surface area contributed by atoms with E-state index < -0.39 is 0 Å². The number of ether oxygens (including phenoxy) is 2. The third-order valence-corrected chi connectivity index (χ3v) is 4.21. The van der Waals surface area contributed by atoms with Gasteiger partial charge in [-0.3, -0.25) is 4.79 Å². The van der Waals surface area contributed by atoms with Crippen molar-refractivity contribution in [3.8, 4) is 5.75 Å². The number of hydrogen-bond acceptors (Lipinski definition) is 4. The molecule has 5 nitrogen and oxygen atoms in total. The molecule has 21 heavy (non-hydrogen) atoms. The van der Waals surface area contributed by atoms with Gasteiger partial charge in [-0.1, -0.05) is 18.2 Å². The average Bonchev–Trinajstić information content (AvgIpc) is 3.09. The summed E-state index contributed by atoms with van der Waals surface area (Å²) in [6.45, 7) is 4.89. The Morgan fingerprint density at radius 1 is 1.14 bits per heavy atom. The Balaban J connectivity index is 1.30. The number of nitrogens with zero attached hydrogens (tertiary/aromatic N) is 1. The molecule has 1 aromatic carbocycles. The molecule has 2 heterocycles. The first-order valence-corrected chi connectivity index (χ1v) is 7.57. The van der Waals surface area contributed by atoms with Gasteiger partial charge in [-0.25, -0.2) is 0 Å². The van der Waals surface area contributed by atoms with Crippen LogP contribution in [0.1, 0.15) is 0 Å². The summed E-state index contributed by atoms with van der Waals surface area (Å²) in [7, 11) is 0. The van der Waals surface area contributed by atoms with Crippen molar-refractivity contribution < 1.29 is 14.3 Å². The molecule has 0 saturated carbocycles. The minimum absolute atomic E-state index is 0.101. The lowest BCUT2D eigenvalue weighted by atomic mass is 10.0. The zero-order chi connectivity index (χ0) is 14.5. The summed E-state index contributed by atoms with van der Waals surface area (Å²) in [5.74, 6) is 2.20. The molecular weight excluding hydrogens is 268 g/mol. The predicted octanol–water partition coefficient (Wildman–Crippen LogP) is 0.760. The standard InChI is InChI=1S/C16H22N2O3/c19-16(18-10-13-8-17-9-14(13)11-18)12-20-6-7-21-15-4-2-1-3-5-15/h1-5,13-14,17H,6-12H2/t13-,14+. The summed E-state index contributed by atoms with van der Waals surface area (Å²) in [6, 6.07) is 9.62. The van der Waals surface area contributed by atoms with E-state index in [9.17, 15) is 4.79 Å². The molecule has 0 aliphatic carbocycles. The fourth-order valence-electron chi connectivity index (χ4n) is 3.04. The van der Waals surface area contributed by atoms with Crippen LogP contribution in [0.3, 0.4) is 0 Å². The van der Waals surface area contributed by atoms with E-state index in [0.717, 1.165) is 31.9 Å². The Kier molecular flexibility index (Phi) is 4.72. The Hall–Kier alpha value is -1.59. The highest BCUT2D eigenvalue weighted by Crippen LogP contribution is 2.26. The summed E-state index contributed by atoms with van der Waals surface area (Å²) >= 11 is 0. The Morgan fingerprint density at radius 3 is 2.57 bits per heavy atom. The zero-order valence-corrected chi connectivity index (χ0v) is 12.2. The van der Waals surface area contributed by atoms with E-state index in [4.69, 9.17) is 9.47 Å². The maximum Gasteiger partial charge on any atom is 0.248 e. The molecule has 0 spiro atoms. The van der Waals surface area contributed by atoms with Crippen LogP contribution in [0.25, 0.3) is 0 Å². The third kappa shape index (κ3) is 3.74. The third-order valence-electron chi connectivity index (χ3n) is 4.21. The number of likely N-dealkylation sites (tertiary alicyclic amines) is 1. The van der Waals surface area contributed by atoms with E-state index >= 15 is 0 Å². The second-order valence-electron chi connectivity index (χ2n) is 5.69. The number of para-hydroxylation sites is 1. The minimum atomic E-state index is 0.101. The van der Waals surface area contributed by atoms with Gasteiger partial charge in [0.05, 0.1) is 6.61 Å². The van der Waals surface area contributed by atoms with Crippen molar-refractivity contribution in [2.75, 3.05) is 46.0 Å². The van der Waals surface area contributed by atoms with Crippen molar-refractivity contribution in [3.05, 3.63) is 30.3 Å². The highest BCUT2D eigenvalue weighted by atomic mass is 16.5. The summed E-state index contributed by atoms with van der Waals surface area (Å²) in [4.78, 5) is 14.0. The second-order valence-corrected chi connectivity index (χ2v) is 5.69. The number of hydrogen-bond donors (Lipinski definition) is 1. The largest absolute Gasteiger partial charge is 0.491 e. The van der Waals surface area contributed by atoms with Gasteiger partial charge < -0.3 is 19.7 Å². The van der Waals surface area contributed by atoms with E-state index in [-0.39, 0.29) is 12.5 Å². The lowest BCUT2D eigenvalue weighted by molar-refractivity contribution is -0.135. The predicted molar refractivity (Wildman–Crippen MR) is 79.2 cm³/mol. The Labute approximate surface area is 125 Å². The quantitative estimate of drug-likeness (QED) is 0.786. The van der Waals surface area contributed by atoms with Gasteiger partial charge in [0, 0.05) is 26.2 Å². The van der Waals surface area contributed by atoms with Crippen molar-refractivity contribution in [2.24, 2.45) is 11.8 Å². The van der Waals surface area contributed by atoms with E-state index in [0.29, 0.717) is 25.0 Å². The first kappa shape index (κ1) is 14.4. The minimum Gasteiger partial charge on any atom is -0.491 e. The van der Waals surface area contributed by atoms with Crippen LogP contribution in [0, 0.1) is 11.8 Å². The number of carbonyl (C=O) groups excluding carboxylic acids is 1. The van der Waals surface area contributed by atoms with Crippen molar-refractivity contribution in [2.45, 2.75) is 0 Å². The molecular formula is C16H22N2O3. The summed E-state index contributed by atoms with van der Waals surface area (Å²) in [6.07, 6.45) is 0. The van der Waals surface area contributed by atoms with Gasteiger partial charge >= 0.3 is 0 Å². The van der Waals surface area contributed by atoms with Crippen LogP contribution >= 0.6 is 0 Å². The van der Waals surface area contributed by atoms with Crippen LogP contribution in [0.2, 0.25) is 0 Å². The molecule has 1 aromatic rings. The molecule has 3 rings (SSSR count). The molecule has 5 heteroatoms. The Bertz CT molecular complexity index is 454. The van der Waals surface area contributed by atoms with Crippen LogP contribution in [0.4, 0.5) is 0 Å². The molecule has 0 aromatic heterocycles.